The molecule has 19 heavy (non-hydrogen) atoms. The highest BCUT2D eigenvalue weighted by atomic mass is 32.2. The monoisotopic (exact) mass is 277 g/mol. The summed E-state index contributed by atoms with van der Waals surface area (Å²) < 4.78 is 1.60. The van der Waals surface area contributed by atoms with E-state index in [0.717, 1.165) is 16.1 Å². The van der Waals surface area contributed by atoms with E-state index in [1.165, 1.54) is 6.20 Å². The number of benzene rings is 1. The lowest BCUT2D eigenvalue weighted by Crippen LogP contribution is -2.03. The molecule has 0 unspecified atom stereocenters. The van der Waals surface area contributed by atoms with E-state index in [4.69, 9.17) is 10.8 Å². The Labute approximate surface area is 115 Å². The van der Waals surface area contributed by atoms with Crippen LogP contribution < -0.4 is 5.73 Å². The van der Waals surface area contributed by atoms with Gasteiger partial charge in [-0.15, -0.1) is 11.8 Å². The van der Waals surface area contributed by atoms with Crippen molar-refractivity contribution in [2.75, 3.05) is 5.73 Å². The van der Waals surface area contributed by atoms with Crippen molar-refractivity contribution in [1.82, 2.24) is 9.78 Å². The summed E-state index contributed by atoms with van der Waals surface area (Å²) in [5, 5.41) is 13.1. The van der Waals surface area contributed by atoms with Gasteiger partial charge in [-0.1, -0.05) is 6.07 Å². The number of thioether (sulfide) groups is 1. The molecule has 0 saturated carbocycles. The van der Waals surface area contributed by atoms with E-state index < -0.39 is 5.97 Å². The molecule has 0 aliphatic carbocycles. The molecule has 1 aromatic heterocycles. The molecule has 0 saturated heterocycles. The average molecular weight is 277 g/mol. The van der Waals surface area contributed by atoms with Gasteiger partial charge >= 0.3 is 5.97 Å². The molecule has 0 bridgehead atoms. The third-order valence-corrected chi connectivity index (χ3v) is 4.15. The van der Waals surface area contributed by atoms with Crippen LogP contribution in [0.25, 0.3) is 0 Å². The van der Waals surface area contributed by atoms with Gasteiger partial charge in [0.2, 0.25) is 0 Å². The minimum absolute atomic E-state index is 0.247. The summed E-state index contributed by atoms with van der Waals surface area (Å²) >= 11 is 1.56. The maximum Gasteiger partial charge on any atom is 0.339 e. The summed E-state index contributed by atoms with van der Waals surface area (Å²) in [6.45, 7) is 1.96. The average Bonchev–Trinajstić information content (AvgIpc) is 2.73. The van der Waals surface area contributed by atoms with E-state index >= 15 is 0 Å². The molecule has 0 radical (unpaired) electrons. The third-order valence-electron chi connectivity index (χ3n) is 2.98. The van der Waals surface area contributed by atoms with Gasteiger partial charge in [0.15, 0.2) is 0 Å². The van der Waals surface area contributed by atoms with Crippen LogP contribution in [0.3, 0.4) is 0 Å². The minimum Gasteiger partial charge on any atom is -0.478 e. The second-order valence-corrected chi connectivity index (χ2v) is 5.21. The van der Waals surface area contributed by atoms with Crippen LogP contribution in [0, 0.1) is 6.92 Å². The lowest BCUT2D eigenvalue weighted by Gasteiger charge is -2.08. The third kappa shape index (κ3) is 2.73. The zero-order valence-corrected chi connectivity index (χ0v) is 11.6. The van der Waals surface area contributed by atoms with Crippen LogP contribution >= 0.6 is 11.8 Å². The van der Waals surface area contributed by atoms with Crippen molar-refractivity contribution < 1.29 is 9.90 Å². The number of hydrogen-bond donors (Lipinski definition) is 2. The molecule has 0 aliphatic rings. The fourth-order valence-corrected chi connectivity index (χ4v) is 2.89. The number of carboxylic acid groups (broad SMARTS) is 1. The number of anilines is 1. The van der Waals surface area contributed by atoms with E-state index in [-0.39, 0.29) is 5.56 Å². The standard InChI is InChI=1S/C13H15N3O2S/c1-8-10(14)4-3-5-12(8)19-7-11-9(13(17)18)6-15-16(11)2/h3-6H,7,14H2,1-2H3,(H,17,18). The summed E-state index contributed by atoms with van der Waals surface area (Å²) in [5.74, 6) is -0.407. The Morgan fingerprint density at radius 1 is 1.53 bits per heavy atom. The Bertz CT molecular complexity index is 622. The Morgan fingerprint density at radius 2 is 2.26 bits per heavy atom. The molecule has 1 aromatic carbocycles. The molecule has 0 fully saturated rings. The van der Waals surface area contributed by atoms with Crippen LogP contribution in [0.2, 0.25) is 0 Å². The van der Waals surface area contributed by atoms with Gasteiger partial charge in [-0.2, -0.15) is 5.10 Å². The summed E-state index contributed by atoms with van der Waals surface area (Å²) in [7, 11) is 1.74. The van der Waals surface area contributed by atoms with E-state index in [2.05, 4.69) is 5.10 Å². The number of rotatable bonds is 4. The Kier molecular flexibility index (Phi) is 3.80. The van der Waals surface area contributed by atoms with E-state index in [9.17, 15) is 4.79 Å². The largest absolute Gasteiger partial charge is 0.478 e. The van der Waals surface area contributed by atoms with Gasteiger partial charge in [0.05, 0.1) is 11.9 Å². The first-order valence-corrected chi connectivity index (χ1v) is 6.71. The second-order valence-electron chi connectivity index (χ2n) is 4.19. The van der Waals surface area contributed by atoms with Crippen molar-refractivity contribution >= 4 is 23.4 Å². The Balaban J connectivity index is 2.21. The minimum atomic E-state index is -0.951. The normalized spacial score (nSPS) is 10.6. The molecule has 0 aliphatic heterocycles. The van der Waals surface area contributed by atoms with Crippen molar-refractivity contribution in [2.45, 2.75) is 17.6 Å². The van der Waals surface area contributed by atoms with Gasteiger partial charge in [-0.05, 0) is 24.6 Å². The van der Waals surface area contributed by atoms with Crippen LogP contribution in [-0.4, -0.2) is 20.9 Å². The first-order valence-electron chi connectivity index (χ1n) is 5.72. The number of aryl methyl sites for hydroxylation is 1. The topological polar surface area (TPSA) is 81.1 Å². The Morgan fingerprint density at radius 3 is 2.95 bits per heavy atom. The quantitative estimate of drug-likeness (QED) is 0.662. The first kappa shape index (κ1) is 13.5. The van der Waals surface area contributed by atoms with Gasteiger partial charge < -0.3 is 10.8 Å². The summed E-state index contributed by atoms with van der Waals surface area (Å²) in [6.07, 6.45) is 1.38. The SMILES string of the molecule is Cc1c(N)cccc1SCc1c(C(=O)O)cnn1C. The highest BCUT2D eigenvalue weighted by Gasteiger charge is 2.15. The van der Waals surface area contributed by atoms with E-state index in [0.29, 0.717) is 11.4 Å². The van der Waals surface area contributed by atoms with Gasteiger partial charge in [-0.3, -0.25) is 4.68 Å². The highest BCUT2D eigenvalue weighted by Crippen LogP contribution is 2.29. The Hall–Kier alpha value is -1.95. The molecule has 1 heterocycles. The van der Waals surface area contributed by atoms with Crippen LogP contribution in [0.15, 0.2) is 29.3 Å². The summed E-state index contributed by atoms with van der Waals surface area (Å²) in [6, 6.07) is 5.73. The maximum atomic E-state index is 11.1. The predicted molar refractivity (Wildman–Crippen MR) is 75.3 cm³/mol. The van der Waals surface area contributed by atoms with Gasteiger partial charge in [0.25, 0.3) is 0 Å². The molecule has 2 aromatic rings. The zero-order chi connectivity index (χ0) is 14.0. The molecule has 0 spiro atoms. The summed E-state index contributed by atoms with van der Waals surface area (Å²) in [4.78, 5) is 12.1. The van der Waals surface area contributed by atoms with Crippen molar-refractivity contribution in [3.8, 4) is 0 Å². The van der Waals surface area contributed by atoms with Crippen molar-refractivity contribution in [3.05, 3.63) is 41.2 Å². The lowest BCUT2D eigenvalue weighted by molar-refractivity contribution is 0.0696. The molecule has 2 rings (SSSR count). The van der Waals surface area contributed by atoms with Crippen molar-refractivity contribution in [1.29, 1.82) is 0 Å². The molecule has 6 heteroatoms. The van der Waals surface area contributed by atoms with Crippen molar-refractivity contribution in [3.63, 3.8) is 0 Å². The number of aromatic nitrogens is 2. The molecule has 0 atom stereocenters. The van der Waals surface area contributed by atoms with Gasteiger partial charge in [-0.25, -0.2) is 4.79 Å². The highest BCUT2D eigenvalue weighted by molar-refractivity contribution is 7.98. The number of nitrogens with zero attached hydrogens (tertiary/aromatic N) is 2. The molecular formula is C13H15N3O2S. The number of hydrogen-bond acceptors (Lipinski definition) is 4. The molecule has 5 nitrogen and oxygen atoms in total. The van der Waals surface area contributed by atoms with Crippen LogP contribution in [0.1, 0.15) is 21.6 Å². The van der Waals surface area contributed by atoms with Crippen molar-refractivity contribution in [2.24, 2.45) is 7.05 Å². The molecule has 3 N–H and O–H groups in total. The number of carbonyl (C=O) groups is 1. The number of aromatic carboxylic acids is 1. The van der Waals surface area contributed by atoms with Crippen LogP contribution in [0.5, 0.6) is 0 Å². The molecule has 100 valence electrons. The number of nitrogen functional groups attached to an aromatic ring is 1. The fourth-order valence-electron chi connectivity index (χ4n) is 1.75. The number of nitrogens with two attached hydrogens (primary N) is 1. The van der Waals surface area contributed by atoms with Gasteiger partial charge in [0.1, 0.15) is 5.56 Å². The molecular weight excluding hydrogens is 262 g/mol. The lowest BCUT2D eigenvalue weighted by atomic mass is 10.2. The molecule has 0 amide bonds. The zero-order valence-electron chi connectivity index (χ0n) is 10.8. The smallest absolute Gasteiger partial charge is 0.339 e. The predicted octanol–water partition coefficient (Wildman–Crippen LogP) is 2.30. The maximum absolute atomic E-state index is 11.1. The van der Waals surface area contributed by atoms with Gasteiger partial charge in [0, 0.05) is 23.4 Å². The van der Waals surface area contributed by atoms with Crippen LogP contribution in [0.4, 0.5) is 5.69 Å². The van der Waals surface area contributed by atoms with E-state index in [1.807, 2.05) is 25.1 Å². The van der Waals surface area contributed by atoms with Crippen LogP contribution in [-0.2, 0) is 12.8 Å². The first-order chi connectivity index (χ1) is 9.00. The van der Waals surface area contributed by atoms with E-state index in [1.54, 1.807) is 23.5 Å². The number of carboxylic acids is 1. The fraction of sp³-hybridized carbons (Fsp3) is 0.231. The summed E-state index contributed by atoms with van der Waals surface area (Å²) in [5.41, 5.74) is 8.56. The second kappa shape index (κ2) is 5.36.